The highest BCUT2D eigenvalue weighted by molar-refractivity contribution is 6.02. The summed E-state index contributed by atoms with van der Waals surface area (Å²) in [5, 5.41) is 4.95. The number of ether oxygens (including phenoxy) is 1. The van der Waals surface area contributed by atoms with Crippen LogP contribution in [-0.4, -0.2) is 15.7 Å². The zero-order valence-corrected chi connectivity index (χ0v) is 11.3. The molecule has 3 rings (SSSR count). The molecule has 0 aliphatic carbocycles. The minimum atomic E-state index is -0.590. The molecule has 5 heteroatoms. The highest BCUT2D eigenvalue weighted by Crippen LogP contribution is 2.16. The topological polar surface area (TPSA) is 61.2 Å². The van der Waals surface area contributed by atoms with Crippen molar-refractivity contribution in [3.05, 3.63) is 70.6 Å². The molecule has 0 aliphatic heterocycles. The Kier molecular flexibility index (Phi) is 3.23. The number of nitrogens with zero attached hydrogens (tertiary/aromatic N) is 2. The summed E-state index contributed by atoms with van der Waals surface area (Å²) in [6.45, 7) is 0. The SMILES string of the molecule is Cn1nc(C(=O)Oc2ccccc2)c2ccccc2c1=O. The van der Waals surface area contributed by atoms with Crippen LogP contribution in [0.15, 0.2) is 59.4 Å². The van der Waals surface area contributed by atoms with E-state index in [0.29, 0.717) is 16.5 Å². The van der Waals surface area contributed by atoms with Gasteiger partial charge in [0.05, 0.1) is 5.39 Å². The van der Waals surface area contributed by atoms with Gasteiger partial charge in [0.2, 0.25) is 0 Å². The van der Waals surface area contributed by atoms with Crippen LogP contribution in [0.25, 0.3) is 10.8 Å². The Balaban J connectivity index is 2.10. The second-order valence-electron chi connectivity index (χ2n) is 4.53. The summed E-state index contributed by atoms with van der Waals surface area (Å²) >= 11 is 0. The van der Waals surface area contributed by atoms with Crippen molar-refractivity contribution < 1.29 is 9.53 Å². The lowest BCUT2D eigenvalue weighted by atomic mass is 10.1. The smallest absolute Gasteiger partial charge is 0.364 e. The van der Waals surface area contributed by atoms with E-state index in [0.717, 1.165) is 4.68 Å². The first-order valence-corrected chi connectivity index (χ1v) is 6.40. The van der Waals surface area contributed by atoms with Gasteiger partial charge in [-0.15, -0.1) is 0 Å². The van der Waals surface area contributed by atoms with Crippen LogP contribution in [0, 0.1) is 0 Å². The zero-order valence-electron chi connectivity index (χ0n) is 11.3. The number of carbonyl (C=O) groups is 1. The fraction of sp³-hybridized carbons (Fsp3) is 0.0625. The maximum Gasteiger partial charge on any atom is 0.364 e. The van der Waals surface area contributed by atoms with Gasteiger partial charge in [-0.2, -0.15) is 5.10 Å². The maximum absolute atomic E-state index is 12.3. The molecule has 1 heterocycles. The van der Waals surface area contributed by atoms with E-state index in [9.17, 15) is 9.59 Å². The molecule has 104 valence electrons. The highest BCUT2D eigenvalue weighted by atomic mass is 16.5. The van der Waals surface area contributed by atoms with Gasteiger partial charge in [-0.1, -0.05) is 36.4 Å². The number of fused-ring (bicyclic) bond motifs is 1. The Morgan fingerprint density at radius 2 is 1.62 bits per heavy atom. The quantitative estimate of drug-likeness (QED) is 0.533. The van der Waals surface area contributed by atoms with E-state index in [2.05, 4.69) is 5.10 Å². The molecule has 0 atom stereocenters. The Morgan fingerprint density at radius 1 is 1.00 bits per heavy atom. The first kappa shape index (κ1) is 13.1. The van der Waals surface area contributed by atoms with Crippen LogP contribution in [0.1, 0.15) is 10.5 Å². The monoisotopic (exact) mass is 280 g/mol. The van der Waals surface area contributed by atoms with Crippen molar-refractivity contribution in [3.8, 4) is 5.75 Å². The molecule has 0 amide bonds. The van der Waals surface area contributed by atoms with Crippen molar-refractivity contribution in [2.24, 2.45) is 7.05 Å². The minimum Gasteiger partial charge on any atom is -0.422 e. The van der Waals surface area contributed by atoms with Crippen molar-refractivity contribution in [2.75, 3.05) is 0 Å². The van der Waals surface area contributed by atoms with Gasteiger partial charge in [-0.3, -0.25) is 4.79 Å². The lowest BCUT2D eigenvalue weighted by Crippen LogP contribution is -2.24. The minimum absolute atomic E-state index is 0.122. The average Bonchev–Trinajstić information content (AvgIpc) is 2.52. The number of para-hydroxylation sites is 1. The Hall–Kier alpha value is -2.95. The summed E-state index contributed by atoms with van der Waals surface area (Å²) < 4.78 is 6.43. The van der Waals surface area contributed by atoms with Crippen molar-refractivity contribution in [1.29, 1.82) is 0 Å². The summed E-state index contributed by atoms with van der Waals surface area (Å²) in [6, 6.07) is 15.6. The van der Waals surface area contributed by atoms with Crippen molar-refractivity contribution in [3.63, 3.8) is 0 Å². The summed E-state index contributed by atoms with van der Waals surface area (Å²) in [7, 11) is 1.51. The van der Waals surface area contributed by atoms with Crippen LogP contribution in [0.4, 0.5) is 0 Å². The molecule has 0 N–H and O–H groups in total. The second-order valence-corrected chi connectivity index (χ2v) is 4.53. The van der Waals surface area contributed by atoms with Crippen LogP contribution in [0.3, 0.4) is 0 Å². The molecular formula is C16H12N2O3. The van der Waals surface area contributed by atoms with E-state index < -0.39 is 5.97 Å². The first-order chi connectivity index (χ1) is 10.2. The summed E-state index contributed by atoms with van der Waals surface area (Å²) in [5.74, 6) is -0.157. The molecule has 3 aromatic rings. The number of benzene rings is 2. The standard InChI is InChI=1S/C16H12N2O3/c1-18-15(19)13-10-6-5-9-12(13)14(17-18)16(20)21-11-7-3-2-4-8-11/h2-10H,1H3. The molecule has 0 aliphatic rings. The van der Waals surface area contributed by atoms with Gasteiger partial charge in [0.25, 0.3) is 5.56 Å². The number of hydrogen-bond acceptors (Lipinski definition) is 4. The largest absolute Gasteiger partial charge is 0.422 e. The number of rotatable bonds is 2. The first-order valence-electron chi connectivity index (χ1n) is 6.40. The van der Waals surface area contributed by atoms with Gasteiger partial charge >= 0.3 is 5.97 Å². The molecule has 21 heavy (non-hydrogen) atoms. The molecule has 0 bridgehead atoms. The molecule has 0 unspecified atom stereocenters. The fourth-order valence-electron chi connectivity index (χ4n) is 2.09. The number of carbonyl (C=O) groups excluding carboxylic acids is 1. The Labute approximate surface area is 120 Å². The molecule has 0 fully saturated rings. The summed E-state index contributed by atoms with van der Waals surface area (Å²) in [4.78, 5) is 24.3. The van der Waals surface area contributed by atoms with E-state index in [1.807, 2.05) is 6.07 Å². The summed E-state index contributed by atoms with van der Waals surface area (Å²) in [6.07, 6.45) is 0. The second kappa shape index (κ2) is 5.20. The maximum atomic E-state index is 12.3. The molecule has 0 saturated carbocycles. The molecular weight excluding hydrogens is 268 g/mol. The zero-order chi connectivity index (χ0) is 14.8. The Morgan fingerprint density at radius 3 is 2.33 bits per heavy atom. The average molecular weight is 280 g/mol. The van der Waals surface area contributed by atoms with Crippen LogP contribution >= 0.6 is 0 Å². The molecule has 0 radical (unpaired) electrons. The molecule has 1 aromatic heterocycles. The highest BCUT2D eigenvalue weighted by Gasteiger charge is 2.17. The van der Waals surface area contributed by atoms with Gasteiger partial charge in [0.1, 0.15) is 5.75 Å². The normalized spacial score (nSPS) is 10.5. The number of aryl methyl sites for hydroxylation is 1. The van der Waals surface area contributed by atoms with Crippen molar-refractivity contribution >= 4 is 16.7 Å². The van der Waals surface area contributed by atoms with Crippen molar-refractivity contribution in [1.82, 2.24) is 9.78 Å². The third-order valence-electron chi connectivity index (χ3n) is 3.10. The van der Waals surface area contributed by atoms with Gasteiger partial charge in [-0.25, -0.2) is 9.48 Å². The molecule has 2 aromatic carbocycles. The van der Waals surface area contributed by atoms with Crippen LogP contribution in [0.5, 0.6) is 5.75 Å². The van der Waals surface area contributed by atoms with Gasteiger partial charge < -0.3 is 4.74 Å². The van der Waals surface area contributed by atoms with Crippen LogP contribution < -0.4 is 10.3 Å². The van der Waals surface area contributed by atoms with Gasteiger partial charge in [-0.05, 0) is 18.2 Å². The number of esters is 1. The van der Waals surface area contributed by atoms with Crippen molar-refractivity contribution in [2.45, 2.75) is 0 Å². The van der Waals surface area contributed by atoms with E-state index in [4.69, 9.17) is 4.74 Å². The van der Waals surface area contributed by atoms with E-state index in [-0.39, 0.29) is 11.3 Å². The molecule has 0 spiro atoms. The molecule has 0 saturated heterocycles. The van der Waals surface area contributed by atoms with E-state index >= 15 is 0 Å². The third-order valence-corrected chi connectivity index (χ3v) is 3.10. The Bertz CT molecular complexity index is 870. The predicted octanol–water partition coefficient (Wildman–Crippen LogP) is 2.15. The number of aromatic nitrogens is 2. The summed E-state index contributed by atoms with van der Waals surface area (Å²) in [5.41, 5.74) is -0.126. The van der Waals surface area contributed by atoms with Crippen LogP contribution in [-0.2, 0) is 7.05 Å². The lowest BCUT2D eigenvalue weighted by Gasteiger charge is -2.07. The number of hydrogen-bond donors (Lipinski definition) is 0. The fourth-order valence-corrected chi connectivity index (χ4v) is 2.09. The van der Waals surface area contributed by atoms with Gasteiger partial charge in [0.15, 0.2) is 5.69 Å². The van der Waals surface area contributed by atoms with Crippen LogP contribution in [0.2, 0.25) is 0 Å². The lowest BCUT2D eigenvalue weighted by molar-refractivity contribution is 0.0728. The third kappa shape index (κ3) is 2.41. The molecule has 5 nitrogen and oxygen atoms in total. The predicted molar refractivity (Wildman–Crippen MR) is 78.4 cm³/mol. The van der Waals surface area contributed by atoms with E-state index in [1.54, 1.807) is 48.5 Å². The van der Waals surface area contributed by atoms with Gasteiger partial charge in [0, 0.05) is 12.4 Å². The van der Waals surface area contributed by atoms with E-state index in [1.165, 1.54) is 7.05 Å².